The minimum atomic E-state index is 0.137. The van der Waals surface area contributed by atoms with Gasteiger partial charge in [0.1, 0.15) is 31.0 Å². The van der Waals surface area contributed by atoms with E-state index < -0.39 is 0 Å². The Labute approximate surface area is 160 Å². The minimum absolute atomic E-state index is 0.137. The molecule has 1 N–H and O–H groups in total. The molecule has 6 nitrogen and oxygen atoms in total. The monoisotopic (exact) mass is 416 g/mol. The van der Waals surface area contributed by atoms with Crippen LogP contribution in [0.1, 0.15) is 25.5 Å². The van der Waals surface area contributed by atoms with Crippen molar-refractivity contribution in [1.29, 1.82) is 0 Å². The predicted molar refractivity (Wildman–Crippen MR) is 105 cm³/mol. The van der Waals surface area contributed by atoms with E-state index >= 15 is 0 Å². The molecule has 0 amide bonds. The van der Waals surface area contributed by atoms with E-state index in [0.29, 0.717) is 19.1 Å². The Morgan fingerprint density at radius 1 is 1.12 bits per heavy atom. The molecule has 1 aliphatic rings. The second-order valence-electron chi connectivity index (χ2n) is 6.78. The summed E-state index contributed by atoms with van der Waals surface area (Å²) in [5.41, 5.74) is 1.99. The summed E-state index contributed by atoms with van der Waals surface area (Å²) in [6.07, 6.45) is 1.60. The van der Waals surface area contributed by atoms with E-state index in [1.807, 2.05) is 12.1 Å². The van der Waals surface area contributed by atoms with Crippen LogP contribution in [0.3, 0.4) is 0 Å². The van der Waals surface area contributed by atoms with Gasteiger partial charge in [0.25, 0.3) is 0 Å². The quantitative estimate of drug-likeness (QED) is 0.685. The fraction of sp³-hybridized carbons (Fsp3) is 0.368. The van der Waals surface area contributed by atoms with Crippen LogP contribution in [0.5, 0.6) is 11.5 Å². The molecule has 1 atom stereocenters. The van der Waals surface area contributed by atoms with Gasteiger partial charge in [-0.25, -0.2) is 9.97 Å². The summed E-state index contributed by atoms with van der Waals surface area (Å²) in [4.78, 5) is 14.3. The van der Waals surface area contributed by atoms with Gasteiger partial charge in [-0.2, -0.15) is 0 Å². The summed E-state index contributed by atoms with van der Waals surface area (Å²) in [6, 6.07) is 8.34. The Kier molecular flexibility index (Phi) is 4.48. The number of nitrogens with zero attached hydrogens (tertiary/aromatic N) is 3. The molecule has 0 aliphatic carbocycles. The number of ether oxygens (including phenoxy) is 2. The number of hydrogen-bond donors (Lipinski definition) is 1. The van der Waals surface area contributed by atoms with E-state index in [1.54, 1.807) is 6.33 Å². The highest BCUT2D eigenvalue weighted by molar-refractivity contribution is 9.10. The Bertz CT molecular complexity index is 940. The van der Waals surface area contributed by atoms with E-state index in [9.17, 15) is 0 Å². The molecule has 0 saturated carbocycles. The molecule has 0 bridgehead atoms. The molecule has 3 aromatic rings. The molecule has 2 aromatic heterocycles. The number of rotatable bonds is 4. The van der Waals surface area contributed by atoms with Crippen LogP contribution in [0.2, 0.25) is 0 Å². The van der Waals surface area contributed by atoms with E-state index in [0.717, 1.165) is 33.0 Å². The zero-order valence-corrected chi connectivity index (χ0v) is 16.6. The molecule has 1 aliphatic heterocycles. The van der Waals surface area contributed by atoms with Crippen LogP contribution in [0.15, 0.2) is 35.2 Å². The molecule has 0 unspecified atom stereocenters. The number of anilines is 1. The Balaban J connectivity index is 1.76. The van der Waals surface area contributed by atoms with Gasteiger partial charge >= 0.3 is 0 Å². The van der Waals surface area contributed by atoms with Gasteiger partial charge in [-0.05, 0) is 45.6 Å². The fourth-order valence-electron chi connectivity index (χ4n) is 3.61. The maximum atomic E-state index is 5.77. The third-order valence-corrected chi connectivity index (χ3v) is 5.09. The topological polar surface area (TPSA) is 63.3 Å². The van der Waals surface area contributed by atoms with Gasteiger partial charge in [0.05, 0.1) is 16.0 Å². The zero-order valence-electron chi connectivity index (χ0n) is 15.0. The maximum absolute atomic E-state index is 5.77. The lowest BCUT2D eigenvalue weighted by Gasteiger charge is -2.33. The number of nitrogens with one attached hydrogen (secondary N) is 1. The summed E-state index contributed by atoms with van der Waals surface area (Å²) >= 11 is 3.49. The number of aromatic amines is 1. The fourth-order valence-corrected chi connectivity index (χ4v) is 4.02. The lowest BCUT2D eigenvalue weighted by Crippen LogP contribution is -2.29. The highest BCUT2D eigenvalue weighted by Gasteiger charge is 2.26. The molecule has 26 heavy (non-hydrogen) atoms. The first-order valence-corrected chi connectivity index (χ1v) is 9.45. The Morgan fingerprint density at radius 3 is 2.65 bits per heavy atom. The molecule has 0 radical (unpaired) electrons. The number of H-pyrrole nitrogens is 1. The second-order valence-corrected chi connectivity index (χ2v) is 7.63. The van der Waals surface area contributed by atoms with E-state index in [1.165, 1.54) is 5.56 Å². The van der Waals surface area contributed by atoms with Crippen molar-refractivity contribution in [3.63, 3.8) is 0 Å². The molecule has 3 heterocycles. The van der Waals surface area contributed by atoms with Gasteiger partial charge in [-0.1, -0.05) is 19.9 Å². The van der Waals surface area contributed by atoms with E-state index in [2.05, 4.69) is 68.8 Å². The van der Waals surface area contributed by atoms with Crippen LogP contribution in [0, 0.1) is 5.92 Å². The molecule has 136 valence electrons. The van der Waals surface area contributed by atoms with Crippen molar-refractivity contribution in [3.8, 4) is 11.5 Å². The van der Waals surface area contributed by atoms with Crippen molar-refractivity contribution >= 4 is 32.8 Å². The first kappa shape index (κ1) is 17.1. The maximum Gasteiger partial charge on any atom is 0.161 e. The lowest BCUT2D eigenvalue weighted by molar-refractivity contribution is 0.171. The van der Waals surface area contributed by atoms with Gasteiger partial charge in [0.15, 0.2) is 11.5 Å². The second kappa shape index (κ2) is 6.79. The SMILES string of the molecule is CC(C)[C@@H](c1ccc2c(c1)OCCO2)N(C)c1ncnc2[nH]c(Br)cc12. The van der Waals surface area contributed by atoms with Crippen LogP contribution >= 0.6 is 15.9 Å². The van der Waals surface area contributed by atoms with Crippen molar-refractivity contribution in [1.82, 2.24) is 15.0 Å². The summed E-state index contributed by atoms with van der Waals surface area (Å²) in [6.45, 7) is 5.61. The first-order chi connectivity index (χ1) is 12.5. The van der Waals surface area contributed by atoms with Gasteiger partial charge in [-0.3, -0.25) is 0 Å². The van der Waals surface area contributed by atoms with E-state index in [-0.39, 0.29) is 6.04 Å². The number of fused-ring (bicyclic) bond motifs is 2. The highest BCUT2D eigenvalue weighted by Crippen LogP contribution is 2.38. The molecule has 4 rings (SSSR count). The molecule has 1 aromatic carbocycles. The van der Waals surface area contributed by atoms with E-state index in [4.69, 9.17) is 9.47 Å². The summed E-state index contributed by atoms with van der Waals surface area (Å²) in [7, 11) is 2.07. The number of aromatic nitrogens is 3. The molecule has 0 spiro atoms. The molecular formula is C19H21BrN4O2. The normalized spacial score (nSPS) is 14.7. The van der Waals surface area contributed by atoms with Crippen LogP contribution in [-0.4, -0.2) is 35.2 Å². The molecule has 0 fully saturated rings. The summed E-state index contributed by atoms with van der Waals surface area (Å²) in [5.74, 6) is 2.88. The third-order valence-electron chi connectivity index (χ3n) is 4.66. The zero-order chi connectivity index (χ0) is 18.3. The summed E-state index contributed by atoms with van der Waals surface area (Å²) < 4.78 is 12.3. The molecule has 7 heteroatoms. The molecular weight excluding hydrogens is 396 g/mol. The minimum Gasteiger partial charge on any atom is -0.486 e. The van der Waals surface area contributed by atoms with Crippen molar-refractivity contribution in [2.75, 3.05) is 25.2 Å². The van der Waals surface area contributed by atoms with Gasteiger partial charge in [-0.15, -0.1) is 0 Å². The number of halogens is 1. The van der Waals surface area contributed by atoms with Gasteiger partial charge in [0.2, 0.25) is 0 Å². The first-order valence-electron chi connectivity index (χ1n) is 8.66. The number of hydrogen-bond acceptors (Lipinski definition) is 5. The van der Waals surface area contributed by atoms with Crippen LogP contribution in [0.4, 0.5) is 5.82 Å². The van der Waals surface area contributed by atoms with Crippen molar-refractivity contribution in [2.45, 2.75) is 19.9 Å². The molecule has 0 saturated heterocycles. The summed E-state index contributed by atoms with van der Waals surface area (Å²) in [5, 5.41) is 0.991. The van der Waals surface area contributed by atoms with Crippen molar-refractivity contribution in [3.05, 3.63) is 40.8 Å². The van der Waals surface area contributed by atoms with Crippen molar-refractivity contribution in [2.24, 2.45) is 5.92 Å². The average molecular weight is 417 g/mol. The highest BCUT2D eigenvalue weighted by atomic mass is 79.9. The van der Waals surface area contributed by atoms with Crippen LogP contribution < -0.4 is 14.4 Å². The standard InChI is InChI=1S/C19H21BrN4O2/c1-11(2)17(12-4-5-14-15(8-12)26-7-6-25-14)24(3)19-13-9-16(20)23-18(13)21-10-22-19/h4-5,8-11,17H,6-7H2,1-3H3,(H,21,22,23)/t17-/m0/s1. The third kappa shape index (κ3) is 3.00. The largest absolute Gasteiger partial charge is 0.486 e. The predicted octanol–water partition coefficient (Wildman–Crippen LogP) is 4.33. The average Bonchev–Trinajstić information content (AvgIpc) is 3.01. The van der Waals surface area contributed by atoms with Gasteiger partial charge in [0, 0.05) is 7.05 Å². The van der Waals surface area contributed by atoms with Crippen molar-refractivity contribution < 1.29 is 9.47 Å². The van der Waals surface area contributed by atoms with Crippen LogP contribution in [-0.2, 0) is 0 Å². The Hall–Kier alpha value is -2.28. The smallest absolute Gasteiger partial charge is 0.161 e. The number of benzene rings is 1. The lowest BCUT2D eigenvalue weighted by atomic mass is 9.94. The van der Waals surface area contributed by atoms with Gasteiger partial charge < -0.3 is 19.4 Å². The Morgan fingerprint density at radius 2 is 1.88 bits per heavy atom. The van der Waals surface area contributed by atoms with Crippen LogP contribution in [0.25, 0.3) is 11.0 Å².